The van der Waals surface area contributed by atoms with E-state index in [0.29, 0.717) is 49.5 Å². The standard InChI is InChI=1S/C13H17ClN2O3S.C7H13NO4S/c1-20(18,19)16-8-4-5-10(9-16)13(17)15-12-7-3-2-6-11(12)14;1-13(11,12)8-4-2-3-6(5-8)7(9)10/h2-3,6-7,10H,4-5,8-9H2,1H3,(H,15,17);6H,2-5H2,1H3,(H,9,10)/t10-;6-/m00/s1. The molecule has 2 fully saturated rings. The van der Waals surface area contributed by atoms with Gasteiger partial charge in [0.2, 0.25) is 26.0 Å². The molecule has 1 amide bonds. The number of para-hydroxylation sites is 1. The molecular weight excluding hydrogens is 494 g/mol. The number of nitrogens with one attached hydrogen (secondary N) is 1. The van der Waals surface area contributed by atoms with E-state index in [2.05, 4.69) is 5.32 Å². The number of hydrogen-bond donors (Lipinski definition) is 2. The molecule has 1 aromatic rings. The zero-order valence-corrected chi connectivity index (χ0v) is 21.0. The third-order valence-corrected chi connectivity index (χ3v) is 8.43. The number of carbonyl (C=O) groups is 2. The number of carboxylic acid groups (broad SMARTS) is 1. The van der Waals surface area contributed by atoms with E-state index in [-0.39, 0.29) is 24.9 Å². The highest BCUT2D eigenvalue weighted by Crippen LogP contribution is 2.24. The first-order valence-electron chi connectivity index (χ1n) is 10.5. The van der Waals surface area contributed by atoms with Gasteiger partial charge in [0.05, 0.1) is 35.1 Å². The van der Waals surface area contributed by atoms with Crippen LogP contribution in [0.2, 0.25) is 5.02 Å². The molecule has 2 saturated heterocycles. The van der Waals surface area contributed by atoms with E-state index in [9.17, 15) is 26.4 Å². The Balaban J connectivity index is 0.000000257. The van der Waals surface area contributed by atoms with Crippen LogP contribution in [0.1, 0.15) is 25.7 Å². The van der Waals surface area contributed by atoms with Crippen molar-refractivity contribution in [1.82, 2.24) is 8.61 Å². The summed E-state index contributed by atoms with van der Waals surface area (Å²) in [7, 11) is -6.47. The molecule has 2 heterocycles. The van der Waals surface area contributed by atoms with E-state index in [4.69, 9.17) is 16.7 Å². The number of piperidine rings is 2. The van der Waals surface area contributed by atoms with Gasteiger partial charge in [0.25, 0.3) is 0 Å². The van der Waals surface area contributed by atoms with Crippen LogP contribution in [0.25, 0.3) is 0 Å². The van der Waals surface area contributed by atoms with Crippen molar-refractivity contribution in [2.75, 3.05) is 44.0 Å². The van der Waals surface area contributed by atoms with Crippen molar-refractivity contribution in [2.24, 2.45) is 11.8 Å². The number of hydrogen-bond acceptors (Lipinski definition) is 6. The van der Waals surface area contributed by atoms with Gasteiger partial charge in [-0.15, -0.1) is 0 Å². The summed E-state index contributed by atoms with van der Waals surface area (Å²) in [5, 5.41) is 11.9. The average Bonchev–Trinajstić information content (AvgIpc) is 2.75. The molecule has 0 aromatic heterocycles. The van der Waals surface area contributed by atoms with Crippen molar-refractivity contribution >= 4 is 49.2 Å². The minimum atomic E-state index is -3.25. The molecule has 1 aromatic carbocycles. The Morgan fingerprint density at radius 2 is 1.42 bits per heavy atom. The van der Waals surface area contributed by atoms with Crippen LogP contribution in [0, 0.1) is 11.8 Å². The topological polar surface area (TPSA) is 141 Å². The van der Waals surface area contributed by atoms with Crippen molar-refractivity contribution in [2.45, 2.75) is 25.7 Å². The Morgan fingerprint density at radius 3 is 1.91 bits per heavy atom. The zero-order valence-electron chi connectivity index (χ0n) is 18.6. The molecule has 0 saturated carbocycles. The Hall–Kier alpha value is -1.73. The number of aliphatic carboxylic acids is 1. The van der Waals surface area contributed by atoms with E-state index >= 15 is 0 Å². The van der Waals surface area contributed by atoms with Crippen LogP contribution in [0.4, 0.5) is 5.69 Å². The zero-order chi connectivity index (χ0) is 24.8. The quantitative estimate of drug-likeness (QED) is 0.598. The van der Waals surface area contributed by atoms with Crippen molar-refractivity contribution < 1.29 is 31.5 Å². The van der Waals surface area contributed by atoms with Crippen LogP contribution in [-0.2, 0) is 29.6 Å². The van der Waals surface area contributed by atoms with E-state index in [0.717, 1.165) is 6.26 Å². The minimum Gasteiger partial charge on any atom is -0.481 e. The summed E-state index contributed by atoms with van der Waals surface area (Å²) >= 11 is 5.99. The molecule has 0 unspecified atom stereocenters. The minimum absolute atomic E-state index is 0.119. The molecule has 0 bridgehead atoms. The monoisotopic (exact) mass is 523 g/mol. The number of anilines is 1. The van der Waals surface area contributed by atoms with Gasteiger partial charge in [0, 0.05) is 26.2 Å². The van der Waals surface area contributed by atoms with Gasteiger partial charge < -0.3 is 10.4 Å². The maximum absolute atomic E-state index is 12.2. The number of halogens is 1. The lowest BCUT2D eigenvalue weighted by molar-refractivity contribution is -0.142. The number of nitrogens with zero attached hydrogens (tertiary/aromatic N) is 2. The number of sulfonamides is 2. The third-order valence-electron chi connectivity index (χ3n) is 5.56. The van der Waals surface area contributed by atoms with Gasteiger partial charge in [-0.2, -0.15) is 0 Å². The average molecular weight is 524 g/mol. The van der Waals surface area contributed by atoms with Crippen LogP contribution in [-0.4, -0.2) is 81.1 Å². The highest BCUT2D eigenvalue weighted by Gasteiger charge is 2.31. The molecule has 0 spiro atoms. The van der Waals surface area contributed by atoms with Crippen LogP contribution < -0.4 is 5.32 Å². The second-order valence-electron chi connectivity index (χ2n) is 8.23. The fourth-order valence-corrected chi connectivity index (χ4v) is 5.71. The Kier molecular flexibility index (Phi) is 9.68. The van der Waals surface area contributed by atoms with Gasteiger partial charge in [0.15, 0.2) is 0 Å². The number of carbonyl (C=O) groups excluding carboxylic acids is 1. The summed E-state index contributed by atoms with van der Waals surface area (Å²) in [6, 6.07) is 6.98. The van der Waals surface area contributed by atoms with Crippen LogP contribution in [0.15, 0.2) is 24.3 Å². The molecule has 10 nitrogen and oxygen atoms in total. The maximum atomic E-state index is 12.2. The summed E-state index contributed by atoms with van der Waals surface area (Å²) in [6.45, 7) is 1.28. The molecule has 13 heteroatoms. The third kappa shape index (κ3) is 8.53. The maximum Gasteiger partial charge on any atom is 0.307 e. The molecule has 2 aliphatic rings. The first kappa shape index (κ1) is 27.5. The van der Waals surface area contributed by atoms with Gasteiger partial charge in [-0.3, -0.25) is 9.59 Å². The molecule has 186 valence electrons. The predicted molar refractivity (Wildman–Crippen MR) is 126 cm³/mol. The number of rotatable bonds is 5. The summed E-state index contributed by atoms with van der Waals surface area (Å²) in [6.07, 6.45) is 4.85. The van der Waals surface area contributed by atoms with Crippen molar-refractivity contribution in [3.05, 3.63) is 29.3 Å². The number of carboxylic acids is 1. The molecule has 2 aliphatic heterocycles. The number of amides is 1. The van der Waals surface area contributed by atoms with Crippen molar-refractivity contribution in [3.8, 4) is 0 Å². The second-order valence-corrected chi connectivity index (χ2v) is 12.6. The van der Waals surface area contributed by atoms with E-state index in [1.54, 1.807) is 24.3 Å². The smallest absolute Gasteiger partial charge is 0.307 e. The summed E-state index contributed by atoms with van der Waals surface area (Å²) < 4.78 is 47.8. The molecule has 2 atom stereocenters. The van der Waals surface area contributed by atoms with Gasteiger partial charge in [-0.25, -0.2) is 25.4 Å². The van der Waals surface area contributed by atoms with Crippen LogP contribution >= 0.6 is 11.6 Å². The summed E-state index contributed by atoms with van der Waals surface area (Å²) in [4.78, 5) is 22.8. The van der Waals surface area contributed by atoms with Gasteiger partial charge >= 0.3 is 5.97 Å². The van der Waals surface area contributed by atoms with Gasteiger partial charge in [-0.1, -0.05) is 23.7 Å². The molecular formula is C20H30ClN3O7S2. The van der Waals surface area contributed by atoms with Crippen LogP contribution in [0.5, 0.6) is 0 Å². The lowest BCUT2D eigenvalue weighted by Crippen LogP contribution is -2.43. The van der Waals surface area contributed by atoms with E-state index < -0.39 is 31.9 Å². The van der Waals surface area contributed by atoms with Crippen molar-refractivity contribution in [3.63, 3.8) is 0 Å². The normalized spacial score (nSPS) is 22.6. The highest BCUT2D eigenvalue weighted by molar-refractivity contribution is 7.88. The first-order chi connectivity index (χ1) is 15.3. The molecule has 0 aliphatic carbocycles. The van der Waals surface area contributed by atoms with Gasteiger partial charge in [-0.05, 0) is 37.8 Å². The Bertz CT molecular complexity index is 1060. The van der Waals surface area contributed by atoms with Gasteiger partial charge in [0.1, 0.15) is 0 Å². The number of benzene rings is 1. The fourth-order valence-electron chi connectivity index (χ4n) is 3.70. The lowest BCUT2D eigenvalue weighted by atomic mass is 9.99. The lowest BCUT2D eigenvalue weighted by Gasteiger charge is -2.30. The van der Waals surface area contributed by atoms with Crippen LogP contribution in [0.3, 0.4) is 0 Å². The highest BCUT2D eigenvalue weighted by atomic mass is 35.5. The first-order valence-corrected chi connectivity index (χ1v) is 14.5. The molecule has 33 heavy (non-hydrogen) atoms. The van der Waals surface area contributed by atoms with E-state index in [1.165, 1.54) is 14.9 Å². The second kappa shape index (κ2) is 11.6. The molecule has 0 radical (unpaired) electrons. The Labute approximate surface area is 200 Å². The largest absolute Gasteiger partial charge is 0.481 e. The fraction of sp³-hybridized carbons (Fsp3) is 0.600. The van der Waals surface area contributed by atoms with Crippen molar-refractivity contribution in [1.29, 1.82) is 0 Å². The Morgan fingerprint density at radius 1 is 0.939 bits per heavy atom. The SMILES string of the molecule is CS(=O)(=O)N1CCC[C@H](C(=O)Nc2ccccc2Cl)C1.CS(=O)(=O)N1CCC[C@H](C(=O)O)C1. The molecule has 3 rings (SSSR count). The summed E-state index contributed by atoms with van der Waals surface area (Å²) in [5.74, 6) is -1.97. The molecule has 2 N–H and O–H groups in total. The summed E-state index contributed by atoms with van der Waals surface area (Å²) in [5.41, 5.74) is 0.552. The predicted octanol–water partition coefficient (Wildman–Crippen LogP) is 1.69. The van der Waals surface area contributed by atoms with E-state index in [1.807, 2.05) is 0 Å².